The highest BCUT2D eigenvalue weighted by molar-refractivity contribution is 4.66. The van der Waals surface area contributed by atoms with Crippen molar-refractivity contribution in [3.63, 3.8) is 0 Å². The first-order valence-corrected chi connectivity index (χ1v) is 4.94. The van der Waals surface area contributed by atoms with Crippen molar-refractivity contribution in [3.05, 3.63) is 0 Å². The number of aliphatic hydroxyl groups is 3. The van der Waals surface area contributed by atoms with Crippen LogP contribution in [0.25, 0.3) is 0 Å². The van der Waals surface area contributed by atoms with Crippen molar-refractivity contribution in [3.8, 4) is 0 Å². The number of rotatable bonds is 10. The second kappa shape index (κ2) is 10.3. The fraction of sp³-hybridized carbons (Fsp3) is 1.00. The van der Waals surface area contributed by atoms with Gasteiger partial charge in [0.1, 0.15) is 0 Å². The van der Waals surface area contributed by atoms with Gasteiger partial charge in [-0.15, -0.1) is 0 Å². The lowest BCUT2D eigenvalue weighted by Crippen LogP contribution is -2.41. The minimum atomic E-state index is -0.651. The van der Waals surface area contributed by atoms with E-state index in [0.29, 0.717) is 13.2 Å². The van der Waals surface area contributed by atoms with E-state index in [9.17, 15) is 5.11 Å². The zero-order chi connectivity index (χ0) is 11.5. The van der Waals surface area contributed by atoms with Crippen molar-refractivity contribution < 1.29 is 24.8 Å². The normalized spacial score (nSPS) is 13.4. The quantitative estimate of drug-likeness (QED) is 0.319. The molecule has 6 heteroatoms. The van der Waals surface area contributed by atoms with Crippen molar-refractivity contribution in [2.75, 3.05) is 46.7 Å². The topological polar surface area (TPSA) is 91.2 Å². The van der Waals surface area contributed by atoms with Crippen LogP contribution in [0.2, 0.25) is 0 Å². The molecule has 1 atom stereocenters. The Hall–Kier alpha value is -0.240. The molecule has 0 rings (SSSR count). The fourth-order valence-corrected chi connectivity index (χ4v) is 0.910. The Morgan fingerprint density at radius 2 is 1.87 bits per heavy atom. The molecular formula is C9H21NO5. The highest BCUT2D eigenvalue weighted by Gasteiger charge is 2.08. The van der Waals surface area contributed by atoms with Crippen molar-refractivity contribution in [1.82, 2.24) is 5.32 Å². The Morgan fingerprint density at radius 3 is 2.40 bits per heavy atom. The molecule has 0 radical (unpaired) electrons. The average Bonchev–Trinajstić information content (AvgIpc) is 2.26. The van der Waals surface area contributed by atoms with Crippen LogP contribution in [0.5, 0.6) is 0 Å². The molecule has 0 heterocycles. The number of methoxy groups -OCH3 is 1. The molecule has 0 amide bonds. The Kier molecular flexibility index (Phi) is 10.1. The monoisotopic (exact) mass is 223 g/mol. The molecule has 0 fully saturated rings. The van der Waals surface area contributed by atoms with Crippen molar-refractivity contribution in [2.45, 2.75) is 12.1 Å². The average molecular weight is 223 g/mol. The minimum absolute atomic E-state index is 0.159. The summed E-state index contributed by atoms with van der Waals surface area (Å²) >= 11 is 0. The van der Waals surface area contributed by atoms with Gasteiger partial charge in [0.2, 0.25) is 0 Å². The van der Waals surface area contributed by atoms with Crippen LogP contribution in [0.1, 0.15) is 0 Å². The summed E-state index contributed by atoms with van der Waals surface area (Å²) in [5.41, 5.74) is 0. The highest BCUT2D eigenvalue weighted by Crippen LogP contribution is 1.87. The van der Waals surface area contributed by atoms with Crippen LogP contribution in [0.4, 0.5) is 0 Å². The summed E-state index contributed by atoms with van der Waals surface area (Å²) in [5.74, 6) is 0. The van der Waals surface area contributed by atoms with Gasteiger partial charge in [0, 0.05) is 13.7 Å². The highest BCUT2D eigenvalue weighted by atomic mass is 16.5. The van der Waals surface area contributed by atoms with Gasteiger partial charge < -0.3 is 30.1 Å². The number of aliphatic hydroxyl groups excluding tert-OH is 3. The number of hydrogen-bond acceptors (Lipinski definition) is 6. The Bertz CT molecular complexity index is 132. The predicted molar refractivity (Wildman–Crippen MR) is 54.7 cm³/mol. The maximum atomic E-state index is 9.40. The number of nitrogens with one attached hydrogen (secondary N) is 1. The summed E-state index contributed by atoms with van der Waals surface area (Å²) in [4.78, 5) is 0. The molecule has 0 aromatic heterocycles. The van der Waals surface area contributed by atoms with Gasteiger partial charge in [-0.05, 0) is 0 Å². The molecule has 92 valence electrons. The van der Waals surface area contributed by atoms with E-state index in [-0.39, 0.29) is 26.4 Å². The lowest BCUT2D eigenvalue weighted by Gasteiger charge is -2.16. The van der Waals surface area contributed by atoms with E-state index in [2.05, 4.69) is 5.32 Å². The number of hydrogen-bond donors (Lipinski definition) is 4. The zero-order valence-electron chi connectivity index (χ0n) is 9.06. The van der Waals surface area contributed by atoms with Crippen LogP contribution in [0.3, 0.4) is 0 Å². The Morgan fingerprint density at radius 1 is 1.20 bits per heavy atom. The van der Waals surface area contributed by atoms with Gasteiger partial charge in [-0.3, -0.25) is 0 Å². The largest absolute Gasteiger partial charge is 0.395 e. The van der Waals surface area contributed by atoms with E-state index in [1.165, 1.54) is 0 Å². The van der Waals surface area contributed by atoms with Gasteiger partial charge in [0.05, 0.1) is 45.2 Å². The smallest absolute Gasteiger partial charge is 0.0897 e. The zero-order valence-corrected chi connectivity index (χ0v) is 9.06. The maximum Gasteiger partial charge on any atom is 0.0897 e. The van der Waals surface area contributed by atoms with E-state index >= 15 is 0 Å². The van der Waals surface area contributed by atoms with Gasteiger partial charge in [-0.2, -0.15) is 0 Å². The lowest BCUT2D eigenvalue weighted by atomic mass is 10.3. The molecule has 0 spiro atoms. The summed E-state index contributed by atoms with van der Waals surface area (Å²) in [6, 6.07) is -0.390. The molecule has 0 saturated heterocycles. The van der Waals surface area contributed by atoms with Gasteiger partial charge in [0.15, 0.2) is 0 Å². The minimum Gasteiger partial charge on any atom is -0.395 e. The molecule has 0 aliphatic carbocycles. The van der Waals surface area contributed by atoms with Crippen molar-refractivity contribution in [2.24, 2.45) is 0 Å². The molecule has 15 heavy (non-hydrogen) atoms. The van der Waals surface area contributed by atoms with Crippen LogP contribution in [-0.4, -0.2) is 74.2 Å². The second-order valence-corrected chi connectivity index (χ2v) is 3.19. The van der Waals surface area contributed by atoms with Crippen LogP contribution < -0.4 is 5.32 Å². The van der Waals surface area contributed by atoms with E-state index < -0.39 is 12.1 Å². The molecular weight excluding hydrogens is 202 g/mol. The molecule has 0 saturated carbocycles. The summed E-state index contributed by atoms with van der Waals surface area (Å²) in [5, 5.41) is 29.7. The van der Waals surface area contributed by atoms with E-state index in [1.807, 2.05) is 0 Å². The third-order valence-electron chi connectivity index (χ3n) is 1.82. The summed E-state index contributed by atoms with van der Waals surface area (Å²) in [6.45, 7) is 1.10. The standard InChI is InChI=1S/C9H21NO5/c1-14-2-3-15-7-9(13)4-10-8(5-11)6-12/h8-13H,2-7H2,1H3. The van der Waals surface area contributed by atoms with E-state index in [0.717, 1.165) is 0 Å². The predicted octanol–water partition coefficient (Wildman–Crippen LogP) is -2.05. The van der Waals surface area contributed by atoms with Gasteiger partial charge >= 0.3 is 0 Å². The first kappa shape index (κ1) is 14.8. The van der Waals surface area contributed by atoms with E-state index in [4.69, 9.17) is 19.7 Å². The summed E-state index contributed by atoms with van der Waals surface area (Å²) in [7, 11) is 1.58. The Labute approximate surface area is 89.8 Å². The third kappa shape index (κ3) is 8.73. The molecule has 0 aliphatic heterocycles. The summed E-state index contributed by atoms with van der Waals surface area (Å²) < 4.78 is 9.86. The maximum absolute atomic E-state index is 9.40. The molecule has 4 N–H and O–H groups in total. The van der Waals surface area contributed by atoms with Gasteiger partial charge in [-0.1, -0.05) is 0 Å². The summed E-state index contributed by atoms with van der Waals surface area (Å²) in [6.07, 6.45) is -0.651. The van der Waals surface area contributed by atoms with E-state index in [1.54, 1.807) is 7.11 Å². The van der Waals surface area contributed by atoms with Crippen molar-refractivity contribution >= 4 is 0 Å². The Balaban J connectivity index is 3.35. The molecule has 0 bridgehead atoms. The second-order valence-electron chi connectivity index (χ2n) is 3.19. The molecule has 6 nitrogen and oxygen atoms in total. The third-order valence-corrected chi connectivity index (χ3v) is 1.82. The van der Waals surface area contributed by atoms with Crippen LogP contribution in [0, 0.1) is 0 Å². The van der Waals surface area contributed by atoms with Crippen LogP contribution in [0.15, 0.2) is 0 Å². The van der Waals surface area contributed by atoms with Gasteiger partial charge in [0.25, 0.3) is 0 Å². The lowest BCUT2D eigenvalue weighted by molar-refractivity contribution is 0.0112. The molecule has 1 unspecified atom stereocenters. The molecule has 0 aliphatic rings. The number of ether oxygens (including phenoxy) is 2. The SMILES string of the molecule is COCCOCC(O)CNC(CO)CO. The first-order chi connectivity index (χ1) is 7.24. The molecule has 0 aromatic rings. The van der Waals surface area contributed by atoms with Gasteiger partial charge in [-0.25, -0.2) is 0 Å². The van der Waals surface area contributed by atoms with Crippen LogP contribution >= 0.6 is 0 Å². The fourth-order valence-electron chi connectivity index (χ4n) is 0.910. The first-order valence-electron chi connectivity index (χ1n) is 4.94. The van der Waals surface area contributed by atoms with Crippen molar-refractivity contribution in [1.29, 1.82) is 0 Å². The van der Waals surface area contributed by atoms with Crippen LogP contribution in [-0.2, 0) is 9.47 Å². The molecule has 0 aromatic carbocycles.